The molecule has 0 bridgehead atoms. The molecule has 0 aliphatic heterocycles. The van der Waals surface area contributed by atoms with Gasteiger partial charge in [0.05, 0.1) is 11.4 Å². The lowest BCUT2D eigenvalue weighted by atomic mass is 10.2. The number of hydrogen-bond donors (Lipinski definition) is 2. The van der Waals surface area contributed by atoms with Crippen LogP contribution < -0.4 is 11.1 Å². The normalized spacial score (nSPS) is 10.8. The van der Waals surface area contributed by atoms with Gasteiger partial charge in [0.25, 0.3) is 5.76 Å². The van der Waals surface area contributed by atoms with Crippen LogP contribution in [0.1, 0.15) is 5.56 Å². The van der Waals surface area contributed by atoms with Gasteiger partial charge in [-0.3, -0.25) is 0 Å². The summed E-state index contributed by atoms with van der Waals surface area (Å²) in [6, 6.07) is 10.6. The van der Waals surface area contributed by atoms with Gasteiger partial charge in [0.1, 0.15) is 0 Å². The highest BCUT2D eigenvalue weighted by Crippen LogP contribution is 2.36. The molecule has 0 aliphatic rings. The summed E-state index contributed by atoms with van der Waals surface area (Å²) in [6.45, 7) is 1.90. The van der Waals surface area contributed by atoms with Crippen molar-refractivity contribution in [1.82, 2.24) is 0 Å². The molecule has 0 unspecified atom stereocenters. The molecule has 0 radical (unpaired) electrons. The molecule has 6 heteroatoms. The van der Waals surface area contributed by atoms with E-state index in [2.05, 4.69) is 21.2 Å². The molecular formula is C14H13BrF2N2S. The van der Waals surface area contributed by atoms with Crippen molar-refractivity contribution in [2.75, 3.05) is 11.1 Å². The van der Waals surface area contributed by atoms with E-state index in [0.717, 1.165) is 15.7 Å². The zero-order valence-corrected chi connectivity index (χ0v) is 13.1. The third-order valence-corrected chi connectivity index (χ3v) is 4.17. The third kappa shape index (κ3) is 3.64. The second kappa shape index (κ2) is 6.45. The summed E-state index contributed by atoms with van der Waals surface area (Å²) in [6.07, 6.45) is 0. The van der Waals surface area contributed by atoms with E-state index in [9.17, 15) is 8.78 Å². The molecule has 0 aromatic heterocycles. The first-order valence-corrected chi connectivity index (χ1v) is 7.51. The molecule has 0 heterocycles. The van der Waals surface area contributed by atoms with Crippen molar-refractivity contribution in [3.8, 4) is 0 Å². The molecule has 0 atom stereocenters. The van der Waals surface area contributed by atoms with Crippen LogP contribution in [0.25, 0.3) is 0 Å². The Hall–Kier alpha value is -1.27. The zero-order valence-electron chi connectivity index (χ0n) is 10.7. The van der Waals surface area contributed by atoms with Gasteiger partial charge in [-0.05, 0) is 52.7 Å². The molecule has 0 amide bonds. The van der Waals surface area contributed by atoms with Gasteiger partial charge in [0.2, 0.25) is 0 Å². The van der Waals surface area contributed by atoms with Crippen LogP contribution >= 0.6 is 27.7 Å². The Labute approximate surface area is 128 Å². The predicted octanol–water partition coefficient (Wildman–Crippen LogP) is 5.40. The van der Waals surface area contributed by atoms with Gasteiger partial charge in [-0.1, -0.05) is 23.9 Å². The SMILES string of the molecule is Cc1cc(Nc2ccccc2SC(F)F)c(Br)cc1N. The van der Waals surface area contributed by atoms with Gasteiger partial charge >= 0.3 is 0 Å². The summed E-state index contributed by atoms with van der Waals surface area (Å²) in [4.78, 5) is 0.504. The van der Waals surface area contributed by atoms with E-state index < -0.39 is 5.76 Å². The molecule has 3 N–H and O–H groups in total. The number of para-hydroxylation sites is 1. The van der Waals surface area contributed by atoms with Gasteiger partial charge in [-0.2, -0.15) is 8.78 Å². The van der Waals surface area contributed by atoms with Gasteiger partial charge in [0.15, 0.2) is 0 Å². The zero-order chi connectivity index (χ0) is 14.7. The molecular weight excluding hydrogens is 346 g/mol. The molecule has 0 spiro atoms. The smallest absolute Gasteiger partial charge is 0.288 e. The van der Waals surface area contributed by atoms with Crippen LogP contribution in [0.4, 0.5) is 25.8 Å². The molecule has 20 heavy (non-hydrogen) atoms. The molecule has 2 aromatic rings. The number of halogens is 3. The van der Waals surface area contributed by atoms with Gasteiger partial charge in [0, 0.05) is 15.1 Å². The van der Waals surface area contributed by atoms with Crippen LogP contribution in [0, 0.1) is 6.92 Å². The monoisotopic (exact) mass is 358 g/mol. The number of alkyl halides is 2. The number of anilines is 3. The minimum Gasteiger partial charge on any atom is -0.398 e. The predicted molar refractivity (Wildman–Crippen MR) is 84.9 cm³/mol. The number of benzene rings is 2. The molecule has 0 saturated carbocycles. The Morgan fingerprint density at radius 1 is 1.20 bits per heavy atom. The molecule has 0 saturated heterocycles. The summed E-state index contributed by atoms with van der Waals surface area (Å²) in [7, 11) is 0. The molecule has 106 valence electrons. The summed E-state index contributed by atoms with van der Waals surface area (Å²) in [5, 5.41) is 3.16. The Kier molecular flexibility index (Phi) is 4.88. The highest BCUT2D eigenvalue weighted by atomic mass is 79.9. The maximum Gasteiger partial charge on any atom is 0.288 e. The van der Waals surface area contributed by atoms with E-state index in [4.69, 9.17) is 5.73 Å². The van der Waals surface area contributed by atoms with E-state index in [1.165, 1.54) is 0 Å². The first kappa shape index (κ1) is 15.1. The number of nitrogens with one attached hydrogen (secondary N) is 1. The summed E-state index contributed by atoms with van der Waals surface area (Å²) in [5.41, 5.74) is 8.85. The Morgan fingerprint density at radius 3 is 2.60 bits per heavy atom. The van der Waals surface area contributed by atoms with Crippen LogP contribution in [-0.2, 0) is 0 Å². The minimum atomic E-state index is -2.45. The average molecular weight is 359 g/mol. The van der Waals surface area contributed by atoms with E-state index in [-0.39, 0.29) is 0 Å². The Morgan fingerprint density at radius 2 is 1.90 bits per heavy atom. The third-order valence-electron chi connectivity index (χ3n) is 2.73. The maximum absolute atomic E-state index is 12.5. The molecule has 0 fully saturated rings. The van der Waals surface area contributed by atoms with Crippen LogP contribution in [0.5, 0.6) is 0 Å². The van der Waals surface area contributed by atoms with Gasteiger partial charge in [-0.25, -0.2) is 0 Å². The van der Waals surface area contributed by atoms with Crippen molar-refractivity contribution < 1.29 is 8.78 Å². The summed E-state index contributed by atoms with van der Waals surface area (Å²) >= 11 is 3.94. The Bertz CT molecular complexity index is 620. The Balaban J connectivity index is 2.33. The summed E-state index contributed by atoms with van der Waals surface area (Å²) in [5.74, 6) is -2.45. The first-order chi connectivity index (χ1) is 9.47. The number of rotatable bonds is 4. The van der Waals surface area contributed by atoms with Crippen LogP contribution in [0.15, 0.2) is 45.8 Å². The fourth-order valence-electron chi connectivity index (χ4n) is 1.71. The van der Waals surface area contributed by atoms with Crippen molar-refractivity contribution in [1.29, 1.82) is 0 Å². The number of aryl methyl sites for hydroxylation is 1. The second-order valence-corrected chi connectivity index (χ2v) is 6.07. The molecule has 0 aliphatic carbocycles. The van der Waals surface area contributed by atoms with Crippen LogP contribution in [0.3, 0.4) is 0 Å². The van der Waals surface area contributed by atoms with Crippen molar-refractivity contribution in [2.24, 2.45) is 0 Å². The molecule has 2 nitrogen and oxygen atoms in total. The highest BCUT2D eigenvalue weighted by molar-refractivity contribution is 9.10. The first-order valence-electron chi connectivity index (χ1n) is 5.84. The number of hydrogen-bond acceptors (Lipinski definition) is 3. The van der Waals surface area contributed by atoms with E-state index in [1.807, 2.05) is 13.0 Å². The number of thioether (sulfide) groups is 1. The average Bonchev–Trinajstić information content (AvgIpc) is 2.37. The lowest BCUT2D eigenvalue weighted by Gasteiger charge is -2.14. The molecule has 2 aromatic carbocycles. The maximum atomic E-state index is 12.5. The topological polar surface area (TPSA) is 38.0 Å². The highest BCUT2D eigenvalue weighted by Gasteiger charge is 2.11. The standard InChI is InChI=1S/C14H13BrF2N2S/c1-8-6-12(9(15)7-10(8)18)19-11-4-2-3-5-13(11)20-14(16)17/h2-7,14,19H,18H2,1H3. The number of nitrogens with two attached hydrogens (primary N) is 1. The van der Waals surface area contributed by atoms with E-state index >= 15 is 0 Å². The molecule has 2 rings (SSSR count). The minimum absolute atomic E-state index is 0.504. The van der Waals surface area contributed by atoms with Crippen LogP contribution in [0.2, 0.25) is 0 Å². The number of nitrogen functional groups attached to an aromatic ring is 1. The van der Waals surface area contributed by atoms with Crippen LogP contribution in [-0.4, -0.2) is 5.76 Å². The van der Waals surface area contributed by atoms with Crippen molar-refractivity contribution in [3.63, 3.8) is 0 Å². The van der Waals surface area contributed by atoms with Gasteiger partial charge < -0.3 is 11.1 Å². The van der Waals surface area contributed by atoms with E-state index in [0.29, 0.717) is 28.0 Å². The lowest BCUT2D eigenvalue weighted by Crippen LogP contribution is -1.97. The van der Waals surface area contributed by atoms with Gasteiger partial charge in [-0.15, -0.1) is 0 Å². The fourth-order valence-corrected chi connectivity index (χ4v) is 2.76. The van der Waals surface area contributed by atoms with Crippen molar-refractivity contribution in [2.45, 2.75) is 17.6 Å². The fraction of sp³-hybridized carbons (Fsp3) is 0.143. The van der Waals surface area contributed by atoms with Crippen molar-refractivity contribution >= 4 is 44.8 Å². The largest absolute Gasteiger partial charge is 0.398 e. The quantitative estimate of drug-likeness (QED) is 0.567. The summed E-state index contributed by atoms with van der Waals surface area (Å²) < 4.78 is 25.9. The second-order valence-electron chi connectivity index (χ2n) is 4.19. The van der Waals surface area contributed by atoms with E-state index in [1.54, 1.807) is 30.3 Å². The lowest BCUT2D eigenvalue weighted by molar-refractivity contribution is 0.252. The van der Waals surface area contributed by atoms with Crippen molar-refractivity contribution in [3.05, 3.63) is 46.4 Å².